The lowest BCUT2D eigenvalue weighted by atomic mass is 9.71. The number of primary amides is 1. The average molecular weight is 461 g/mol. The molecule has 2 aromatic carbocycles. The fourth-order valence-electron chi connectivity index (χ4n) is 4.94. The summed E-state index contributed by atoms with van der Waals surface area (Å²) in [5, 5.41) is -0.610. The summed E-state index contributed by atoms with van der Waals surface area (Å²) in [6.45, 7) is 1.34. The van der Waals surface area contributed by atoms with Crippen LogP contribution in [0.4, 0.5) is 4.39 Å². The van der Waals surface area contributed by atoms with Crippen LogP contribution in [0.3, 0.4) is 0 Å². The zero-order chi connectivity index (χ0) is 22.8. The molecule has 0 unspecified atom stereocenters. The molecule has 0 aromatic heterocycles. The highest BCUT2D eigenvalue weighted by Crippen LogP contribution is 2.39. The molecule has 0 bridgehead atoms. The van der Waals surface area contributed by atoms with Crippen LogP contribution in [0, 0.1) is 5.82 Å². The maximum atomic E-state index is 15.2. The van der Waals surface area contributed by atoms with Crippen LogP contribution < -0.4 is 5.73 Å². The fraction of sp³-hybridized carbons (Fsp3) is 0.458. The van der Waals surface area contributed by atoms with Crippen LogP contribution in [-0.2, 0) is 31.5 Å². The van der Waals surface area contributed by atoms with E-state index in [0.717, 1.165) is 12.0 Å². The van der Waals surface area contributed by atoms with E-state index < -0.39 is 32.4 Å². The predicted octanol–water partition coefficient (Wildman–Crippen LogP) is 3.42. The molecule has 4 rings (SSSR count). The van der Waals surface area contributed by atoms with E-state index in [4.69, 9.17) is 10.5 Å². The Kier molecular flexibility index (Phi) is 6.65. The zero-order valence-corrected chi connectivity index (χ0v) is 18.8. The molecule has 8 heteroatoms. The van der Waals surface area contributed by atoms with E-state index in [9.17, 15) is 13.2 Å². The van der Waals surface area contributed by atoms with Gasteiger partial charge in [-0.1, -0.05) is 42.5 Å². The molecule has 0 radical (unpaired) electrons. The number of hydrogen-bond acceptors (Lipinski definition) is 4. The Hall–Kier alpha value is -2.29. The summed E-state index contributed by atoms with van der Waals surface area (Å²) in [7, 11) is -3.60. The molecule has 6 nitrogen and oxygen atoms in total. The number of carbonyl (C=O) groups excluding carboxylic acids is 1. The van der Waals surface area contributed by atoms with Gasteiger partial charge in [-0.15, -0.1) is 0 Å². The second-order valence-corrected chi connectivity index (χ2v) is 10.9. The first-order valence-corrected chi connectivity index (χ1v) is 12.5. The molecular weight excluding hydrogens is 431 g/mol. The first-order valence-electron chi connectivity index (χ1n) is 11.0. The number of amides is 1. The number of nitrogens with zero attached hydrogens (tertiary/aromatic N) is 1. The highest BCUT2D eigenvalue weighted by Gasteiger charge is 2.38. The highest BCUT2D eigenvalue weighted by atomic mass is 32.2. The van der Waals surface area contributed by atoms with Gasteiger partial charge in [0.2, 0.25) is 15.9 Å². The lowest BCUT2D eigenvalue weighted by molar-refractivity contribution is -0.120. The summed E-state index contributed by atoms with van der Waals surface area (Å²) in [6.07, 6.45) is 2.60. The third kappa shape index (κ3) is 4.58. The van der Waals surface area contributed by atoms with Gasteiger partial charge in [-0.3, -0.25) is 4.79 Å². The fourth-order valence-corrected chi connectivity index (χ4v) is 6.97. The van der Waals surface area contributed by atoms with Crippen molar-refractivity contribution in [2.75, 3.05) is 19.8 Å². The van der Waals surface area contributed by atoms with Crippen LogP contribution in [0.1, 0.15) is 54.0 Å². The monoisotopic (exact) mass is 460 g/mol. The molecule has 2 saturated heterocycles. The van der Waals surface area contributed by atoms with Gasteiger partial charge in [-0.05, 0) is 42.9 Å². The van der Waals surface area contributed by atoms with Gasteiger partial charge in [0.1, 0.15) is 11.1 Å². The summed E-state index contributed by atoms with van der Waals surface area (Å²) < 4.78 is 48.5. The Balaban J connectivity index is 1.58. The van der Waals surface area contributed by atoms with Crippen LogP contribution in [0.15, 0.2) is 48.5 Å². The molecule has 0 saturated carbocycles. The normalized spacial score (nSPS) is 23.0. The molecule has 2 aliphatic rings. The summed E-state index contributed by atoms with van der Waals surface area (Å²) in [5.41, 5.74) is 6.74. The maximum Gasteiger partial charge on any atom is 0.221 e. The summed E-state index contributed by atoms with van der Waals surface area (Å²) in [6, 6.07) is 14.1. The lowest BCUT2D eigenvalue weighted by Gasteiger charge is -2.37. The molecule has 2 aliphatic heterocycles. The van der Waals surface area contributed by atoms with Crippen molar-refractivity contribution in [2.45, 2.75) is 49.3 Å². The minimum absolute atomic E-state index is 0.0102. The number of rotatable bonds is 6. The van der Waals surface area contributed by atoms with Crippen LogP contribution in [-0.4, -0.2) is 38.4 Å². The average Bonchev–Trinajstić information content (AvgIpc) is 2.77. The number of halogens is 1. The Labute approximate surface area is 188 Å². The first-order chi connectivity index (χ1) is 15.3. The SMILES string of the molecule is NC(=O)CC1(c2ccc(CN3CCC[C@H](c4ccccc4)S3(=O)=O)c(F)c2)CCOCC1. The molecule has 1 amide bonds. The largest absolute Gasteiger partial charge is 0.381 e. The van der Waals surface area contributed by atoms with E-state index in [1.165, 1.54) is 10.4 Å². The summed E-state index contributed by atoms with van der Waals surface area (Å²) >= 11 is 0. The number of benzene rings is 2. The second-order valence-electron chi connectivity index (χ2n) is 8.76. The summed E-state index contributed by atoms with van der Waals surface area (Å²) in [5.74, 6) is -0.891. The van der Waals surface area contributed by atoms with Crippen molar-refractivity contribution in [2.24, 2.45) is 5.73 Å². The third-order valence-electron chi connectivity index (χ3n) is 6.74. The van der Waals surface area contributed by atoms with Crippen molar-refractivity contribution >= 4 is 15.9 Å². The Bertz CT molecular complexity index is 1070. The first kappa shape index (κ1) is 22.9. The quantitative estimate of drug-likeness (QED) is 0.715. The number of sulfonamides is 1. The van der Waals surface area contributed by atoms with Gasteiger partial charge in [-0.2, -0.15) is 4.31 Å². The number of hydrogen-bond donors (Lipinski definition) is 1. The van der Waals surface area contributed by atoms with E-state index in [1.807, 2.05) is 30.3 Å². The van der Waals surface area contributed by atoms with Crippen molar-refractivity contribution < 1.29 is 22.3 Å². The Morgan fingerprint density at radius 2 is 1.88 bits per heavy atom. The molecule has 0 aliphatic carbocycles. The molecular formula is C24H29FN2O4S. The minimum Gasteiger partial charge on any atom is -0.381 e. The van der Waals surface area contributed by atoms with Crippen LogP contribution in [0.2, 0.25) is 0 Å². The van der Waals surface area contributed by atoms with Gasteiger partial charge in [0.15, 0.2) is 0 Å². The van der Waals surface area contributed by atoms with Crippen molar-refractivity contribution in [3.8, 4) is 0 Å². The van der Waals surface area contributed by atoms with E-state index in [0.29, 0.717) is 50.1 Å². The van der Waals surface area contributed by atoms with Gasteiger partial charge >= 0.3 is 0 Å². The topological polar surface area (TPSA) is 89.7 Å². The molecule has 0 spiro atoms. The van der Waals surface area contributed by atoms with Crippen molar-refractivity contribution in [3.63, 3.8) is 0 Å². The maximum absolute atomic E-state index is 15.2. The number of nitrogens with two attached hydrogens (primary N) is 1. The van der Waals surface area contributed by atoms with E-state index >= 15 is 4.39 Å². The highest BCUT2D eigenvalue weighted by molar-refractivity contribution is 7.89. The standard InChI is InChI=1S/C24H29FN2O4S/c25-21-15-20(24(16-23(26)28)10-13-31-14-11-24)9-8-19(21)17-27-12-4-7-22(32(27,29)30)18-5-2-1-3-6-18/h1-3,5-6,8-9,15,22H,4,7,10-14,16-17H2,(H2,26,28)/t22-/m1/s1. The van der Waals surface area contributed by atoms with Gasteiger partial charge in [-0.25, -0.2) is 12.8 Å². The third-order valence-corrected chi connectivity index (χ3v) is 9.00. The van der Waals surface area contributed by atoms with Crippen LogP contribution >= 0.6 is 0 Å². The molecule has 1 atom stereocenters. The molecule has 2 fully saturated rings. The Morgan fingerprint density at radius 3 is 2.53 bits per heavy atom. The van der Waals surface area contributed by atoms with Gasteiger partial charge in [0.05, 0.1) is 0 Å². The lowest BCUT2D eigenvalue weighted by Crippen LogP contribution is -2.39. The molecule has 2 heterocycles. The molecule has 172 valence electrons. The van der Waals surface area contributed by atoms with Crippen molar-refractivity contribution in [1.82, 2.24) is 4.31 Å². The van der Waals surface area contributed by atoms with E-state index in [-0.39, 0.29) is 13.0 Å². The van der Waals surface area contributed by atoms with E-state index in [2.05, 4.69) is 0 Å². The van der Waals surface area contributed by atoms with Crippen molar-refractivity contribution in [3.05, 3.63) is 71.0 Å². The molecule has 2 aromatic rings. The van der Waals surface area contributed by atoms with E-state index in [1.54, 1.807) is 12.1 Å². The predicted molar refractivity (Wildman–Crippen MR) is 120 cm³/mol. The van der Waals surface area contributed by atoms with Gasteiger partial charge in [0.25, 0.3) is 0 Å². The minimum atomic E-state index is -3.60. The number of carbonyl (C=O) groups is 1. The Morgan fingerprint density at radius 1 is 1.16 bits per heavy atom. The summed E-state index contributed by atoms with van der Waals surface area (Å²) in [4.78, 5) is 11.7. The van der Waals surface area contributed by atoms with Gasteiger partial charge < -0.3 is 10.5 Å². The van der Waals surface area contributed by atoms with Crippen LogP contribution in [0.25, 0.3) is 0 Å². The molecule has 32 heavy (non-hydrogen) atoms. The second kappa shape index (κ2) is 9.29. The smallest absolute Gasteiger partial charge is 0.221 e. The van der Waals surface area contributed by atoms with Crippen LogP contribution in [0.5, 0.6) is 0 Å². The number of ether oxygens (including phenoxy) is 1. The van der Waals surface area contributed by atoms with Crippen molar-refractivity contribution in [1.29, 1.82) is 0 Å². The molecule has 2 N–H and O–H groups in total. The zero-order valence-electron chi connectivity index (χ0n) is 18.0. The van der Waals surface area contributed by atoms with Gasteiger partial charge in [0, 0.05) is 43.7 Å².